The Labute approximate surface area is 102 Å². The summed E-state index contributed by atoms with van der Waals surface area (Å²) >= 11 is 0. The van der Waals surface area contributed by atoms with E-state index >= 15 is 0 Å². The second-order valence-electron chi connectivity index (χ2n) is 4.39. The van der Waals surface area contributed by atoms with Gasteiger partial charge in [0.05, 0.1) is 0 Å². The first-order chi connectivity index (χ1) is 8.20. The minimum atomic E-state index is 0.245. The molecule has 3 heteroatoms. The Hall–Kier alpha value is -1.61. The quantitative estimate of drug-likeness (QED) is 0.875. The van der Waals surface area contributed by atoms with Crippen molar-refractivity contribution in [1.29, 1.82) is 0 Å². The Balaban J connectivity index is 2.26. The van der Waals surface area contributed by atoms with Crippen molar-refractivity contribution in [3.8, 4) is 5.69 Å². The van der Waals surface area contributed by atoms with Crippen molar-refractivity contribution in [2.24, 2.45) is 5.73 Å². The van der Waals surface area contributed by atoms with Crippen molar-refractivity contribution in [1.82, 2.24) is 9.55 Å². The molecule has 17 heavy (non-hydrogen) atoms. The monoisotopic (exact) mass is 229 g/mol. The van der Waals surface area contributed by atoms with E-state index in [4.69, 9.17) is 5.73 Å². The number of benzene rings is 1. The molecule has 90 valence electrons. The van der Waals surface area contributed by atoms with Crippen LogP contribution in [0.25, 0.3) is 5.69 Å². The minimum absolute atomic E-state index is 0.245. The van der Waals surface area contributed by atoms with Crippen LogP contribution in [0.4, 0.5) is 0 Å². The average molecular weight is 229 g/mol. The normalized spacial score (nSPS) is 12.6. The van der Waals surface area contributed by atoms with Gasteiger partial charge in [0.1, 0.15) is 5.82 Å². The lowest BCUT2D eigenvalue weighted by Gasteiger charge is -2.11. The van der Waals surface area contributed by atoms with E-state index in [0.717, 1.165) is 24.4 Å². The molecule has 0 fully saturated rings. The molecule has 0 spiro atoms. The lowest BCUT2D eigenvalue weighted by molar-refractivity contribution is 0.646. The average Bonchev–Trinajstić information content (AvgIpc) is 2.75. The van der Waals surface area contributed by atoms with Crippen LogP contribution in [0, 0.1) is 6.92 Å². The third-order valence-corrected chi connectivity index (χ3v) is 3.04. The van der Waals surface area contributed by atoms with Crippen molar-refractivity contribution in [2.45, 2.75) is 32.7 Å². The van der Waals surface area contributed by atoms with Crippen molar-refractivity contribution in [3.63, 3.8) is 0 Å². The number of nitrogens with zero attached hydrogens (tertiary/aromatic N) is 2. The SMILES string of the molecule is CCC(N)Cc1cccc(-n2ccnc2C)c1. The highest BCUT2D eigenvalue weighted by atomic mass is 15.1. The molecule has 2 N–H and O–H groups in total. The molecule has 1 unspecified atom stereocenters. The summed E-state index contributed by atoms with van der Waals surface area (Å²) in [6.45, 7) is 4.12. The number of rotatable bonds is 4. The van der Waals surface area contributed by atoms with Gasteiger partial charge < -0.3 is 10.3 Å². The van der Waals surface area contributed by atoms with Gasteiger partial charge in [-0.05, 0) is 37.5 Å². The smallest absolute Gasteiger partial charge is 0.110 e. The van der Waals surface area contributed by atoms with Crippen LogP contribution in [0.5, 0.6) is 0 Å². The zero-order valence-corrected chi connectivity index (χ0v) is 10.4. The topological polar surface area (TPSA) is 43.8 Å². The molecule has 1 atom stereocenters. The summed E-state index contributed by atoms with van der Waals surface area (Å²) in [5.74, 6) is 1.00. The van der Waals surface area contributed by atoms with Crippen LogP contribution in [-0.2, 0) is 6.42 Å². The third kappa shape index (κ3) is 2.74. The molecule has 0 radical (unpaired) electrons. The predicted octanol–water partition coefficient (Wildman–Crippen LogP) is 2.46. The van der Waals surface area contributed by atoms with Gasteiger partial charge in [-0.2, -0.15) is 0 Å². The van der Waals surface area contributed by atoms with Gasteiger partial charge in [0.15, 0.2) is 0 Å². The van der Waals surface area contributed by atoms with E-state index in [1.807, 2.05) is 19.3 Å². The van der Waals surface area contributed by atoms with E-state index in [1.54, 1.807) is 0 Å². The fourth-order valence-electron chi connectivity index (χ4n) is 1.93. The molecule has 0 saturated heterocycles. The molecule has 0 amide bonds. The first kappa shape index (κ1) is 11.9. The highest BCUT2D eigenvalue weighted by molar-refractivity contribution is 5.37. The van der Waals surface area contributed by atoms with Gasteiger partial charge in [0, 0.05) is 24.1 Å². The molecule has 0 bridgehead atoms. The zero-order chi connectivity index (χ0) is 12.3. The fraction of sp³-hybridized carbons (Fsp3) is 0.357. The lowest BCUT2D eigenvalue weighted by atomic mass is 10.0. The lowest BCUT2D eigenvalue weighted by Crippen LogP contribution is -2.21. The van der Waals surface area contributed by atoms with E-state index in [0.29, 0.717) is 0 Å². The molecule has 1 aromatic heterocycles. The zero-order valence-electron chi connectivity index (χ0n) is 10.4. The summed E-state index contributed by atoms with van der Waals surface area (Å²) in [5, 5.41) is 0. The van der Waals surface area contributed by atoms with Crippen molar-refractivity contribution < 1.29 is 0 Å². The Morgan fingerprint density at radius 1 is 1.41 bits per heavy atom. The Morgan fingerprint density at radius 3 is 2.88 bits per heavy atom. The van der Waals surface area contributed by atoms with Crippen LogP contribution in [0.15, 0.2) is 36.7 Å². The van der Waals surface area contributed by atoms with Crippen LogP contribution in [0.2, 0.25) is 0 Å². The first-order valence-electron chi connectivity index (χ1n) is 6.05. The standard InChI is InChI=1S/C14H19N3/c1-3-13(15)9-12-5-4-6-14(10-12)17-8-7-16-11(17)2/h4-8,10,13H,3,9,15H2,1-2H3. The molecule has 1 aromatic carbocycles. The highest BCUT2D eigenvalue weighted by Gasteiger charge is 2.04. The van der Waals surface area contributed by atoms with Crippen LogP contribution >= 0.6 is 0 Å². The molecular formula is C14H19N3. The van der Waals surface area contributed by atoms with Gasteiger partial charge in [-0.3, -0.25) is 0 Å². The highest BCUT2D eigenvalue weighted by Crippen LogP contribution is 2.14. The van der Waals surface area contributed by atoms with Gasteiger partial charge in [-0.25, -0.2) is 4.98 Å². The van der Waals surface area contributed by atoms with E-state index in [2.05, 4.69) is 40.7 Å². The second-order valence-corrected chi connectivity index (χ2v) is 4.39. The summed E-state index contributed by atoms with van der Waals surface area (Å²) in [7, 11) is 0. The van der Waals surface area contributed by atoms with E-state index in [-0.39, 0.29) is 6.04 Å². The van der Waals surface area contributed by atoms with Crippen molar-refractivity contribution in [3.05, 3.63) is 48.0 Å². The number of hydrogen-bond acceptors (Lipinski definition) is 2. The van der Waals surface area contributed by atoms with Crippen molar-refractivity contribution in [2.75, 3.05) is 0 Å². The molecule has 0 aliphatic carbocycles. The van der Waals surface area contributed by atoms with Crippen LogP contribution < -0.4 is 5.73 Å². The summed E-state index contributed by atoms with van der Waals surface area (Å²) in [5.41, 5.74) is 8.42. The summed E-state index contributed by atoms with van der Waals surface area (Å²) in [6, 6.07) is 8.73. The maximum Gasteiger partial charge on any atom is 0.110 e. The number of nitrogens with two attached hydrogens (primary N) is 1. The van der Waals surface area contributed by atoms with E-state index < -0.39 is 0 Å². The first-order valence-corrected chi connectivity index (χ1v) is 6.05. The van der Waals surface area contributed by atoms with Gasteiger partial charge in [0.2, 0.25) is 0 Å². The Morgan fingerprint density at radius 2 is 2.24 bits per heavy atom. The Bertz CT molecular complexity index is 488. The summed E-state index contributed by atoms with van der Waals surface area (Å²) < 4.78 is 2.08. The molecule has 0 aliphatic heterocycles. The summed E-state index contributed by atoms with van der Waals surface area (Å²) in [6.07, 6.45) is 5.74. The van der Waals surface area contributed by atoms with Gasteiger partial charge in [0.25, 0.3) is 0 Å². The molecule has 2 aromatic rings. The van der Waals surface area contributed by atoms with E-state index in [1.165, 1.54) is 5.56 Å². The molecule has 0 aliphatic rings. The molecule has 0 saturated carbocycles. The minimum Gasteiger partial charge on any atom is -0.327 e. The number of imidazole rings is 1. The van der Waals surface area contributed by atoms with Crippen LogP contribution in [0.1, 0.15) is 24.7 Å². The Kier molecular flexibility index (Phi) is 3.59. The molecule has 2 rings (SSSR count). The number of aromatic nitrogens is 2. The van der Waals surface area contributed by atoms with Crippen LogP contribution in [0.3, 0.4) is 0 Å². The largest absolute Gasteiger partial charge is 0.327 e. The van der Waals surface area contributed by atoms with Gasteiger partial charge in [-0.1, -0.05) is 19.1 Å². The maximum absolute atomic E-state index is 5.98. The second kappa shape index (κ2) is 5.15. The predicted molar refractivity (Wildman–Crippen MR) is 70.3 cm³/mol. The van der Waals surface area contributed by atoms with Crippen LogP contribution in [-0.4, -0.2) is 15.6 Å². The fourth-order valence-corrected chi connectivity index (χ4v) is 1.93. The van der Waals surface area contributed by atoms with Crippen molar-refractivity contribution >= 4 is 0 Å². The number of hydrogen-bond donors (Lipinski definition) is 1. The van der Waals surface area contributed by atoms with E-state index in [9.17, 15) is 0 Å². The molecule has 1 heterocycles. The third-order valence-electron chi connectivity index (χ3n) is 3.04. The molecule has 3 nitrogen and oxygen atoms in total. The summed E-state index contributed by atoms with van der Waals surface area (Å²) in [4.78, 5) is 4.24. The van der Waals surface area contributed by atoms with Gasteiger partial charge in [-0.15, -0.1) is 0 Å². The molecular weight excluding hydrogens is 210 g/mol. The number of aryl methyl sites for hydroxylation is 1. The maximum atomic E-state index is 5.98. The van der Waals surface area contributed by atoms with Gasteiger partial charge >= 0.3 is 0 Å².